The van der Waals surface area contributed by atoms with Crippen molar-refractivity contribution in [1.29, 1.82) is 0 Å². The first-order valence-corrected chi connectivity index (χ1v) is 11.5. The van der Waals surface area contributed by atoms with Crippen molar-refractivity contribution in [3.05, 3.63) is 59.2 Å². The predicted octanol–water partition coefficient (Wildman–Crippen LogP) is 6.07. The predicted molar refractivity (Wildman–Crippen MR) is 123 cm³/mol. The Morgan fingerprint density at radius 2 is 1.54 bits per heavy atom. The number of esters is 1. The summed E-state index contributed by atoms with van der Waals surface area (Å²) in [4.78, 5) is 28.6. The summed E-state index contributed by atoms with van der Waals surface area (Å²) < 4.78 is 90.5. The molecule has 0 saturated carbocycles. The van der Waals surface area contributed by atoms with Gasteiger partial charge in [-0.15, -0.1) is 0 Å². The Bertz CT molecular complexity index is 1100. The number of ether oxygens (including phenoxy) is 2. The maximum atomic E-state index is 13.4. The van der Waals surface area contributed by atoms with Crippen LogP contribution in [0.3, 0.4) is 0 Å². The van der Waals surface area contributed by atoms with E-state index in [-0.39, 0.29) is 24.8 Å². The lowest BCUT2D eigenvalue weighted by atomic mass is 9.96. The van der Waals surface area contributed by atoms with Gasteiger partial charge in [-0.25, -0.2) is 9.59 Å². The molecular weight excluding hydrogens is 506 g/mol. The van der Waals surface area contributed by atoms with Gasteiger partial charge >= 0.3 is 24.4 Å². The molecule has 202 valence electrons. The van der Waals surface area contributed by atoms with Gasteiger partial charge in [-0.1, -0.05) is 19.1 Å². The minimum absolute atomic E-state index is 0.0389. The first-order chi connectivity index (χ1) is 17.3. The number of benzene rings is 2. The minimum atomic E-state index is -5.03. The Hall–Kier alpha value is -3.44. The largest absolute Gasteiger partial charge is 0.467 e. The summed E-state index contributed by atoms with van der Waals surface area (Å²) in [5.41, 5.74) is -2.50. The van der Waals surface area contributed by atoms with Crippen molar-refractivity contribution >= 4 is 23.4 Å². The maximum Gasteiger partial charge on any atom is 0.416 e. The molecule has 37 heavy (non-hydrogen) atoms. The Morgan fingerprint density at radius 3 is 2.03 bits per heavy atom. The molecule has 0 saturated heterocycles. The molecular formula is C25H26F6N2O4. The van der Waals surface area contributed by atoms with Gasteiger partial charge in [0.25, 0.3) is 0 Å². The topological polar surface area (TPSA) is 59.1 Å². The molecule has 1 heterocycles. The quantitative estimate of drug-likeness (QED) is 0.334. The van der Waals surface area contributed by atoms with Crippen molar-refractivity contribution in [2.45, 2.75) is 51.1 Å². The lowest BCUT2D eigenvalue weighted by molar-refractivity contribution is -0.143. The third kappa shape index (κ3) is 6.11. The monoisotopic (exact) mass is 532 g/mol. The van der Waals surface area contributed by atoms with E-state index < -0.39 is 54.0 Å². The number of nitrogens with zero attached hydrogens (tertiary/aromatic N) is 2. The fourth-order valence-corrected chi connectivity index (χ4v) is 4.38. The Labute approximate surface area is 209 Å². The number of halogens is 6. The summed E-state index contributed by atoms with van der Waals surface area (Å²) in [6.07, 6.45) is -10.7. The average Bonchev–Trinajstić information content (AvgIpc) is 2.84. The second kappa shape index (κ2) is 10.9. The van der Waals surface area contributed by atoms with Gasteiger partial charge in [0.2, 0.25) is 0 Å². The summed E-state index contributed by atoms with van der Waals surface area (Å²) >= 11 is 0. The van der Waals surface area contributed by atoms with Crippen LogP contribution in [0.15, 0.2) is 42.5 Å². The van der Waals surface area contributed by atoms with Gasteiger partial charge in [-0.2, -0.15) is 26.3 Å². The van der Waals surface area contributed by atoms with Crippen LogP contribution >= 0.6 is 0 Å². The molecule has 0 N–H and O–H groups in total. The van der Waals surface area contributed by atoms with Crippen molar-refractivity contribution in [2.24, 2.45) is 0 Å². The van der Waals surface area contributed by atoms with Crippen molar-refractivity contribution in [2.75, 3.05) is 30.1 Å². The Morgan fingerprint density at radius 1 is 0.973 bits per heavy atom. The van der Waals surface area contributed by atoms with Gasteiger partial charge in [-0.3, -0.25) is 4.90 Å². The van der Waals surface area contributed by atoms with Crippen LogP contribution in [0, 0.1) is 0 Å². The van der Waals surface area contributed by atoms with E-state index in [0.29, 0.717) is 29.9 Å². The molecule has 12 heteroatoms. The molecule has 2 unspecified atom stereocenters. The summed E-state index contributed by atoms with van der Waals surface area (Å²) in [7, 11) is 1.08. The molecule has 0 bridgehead atoms. The molecule has 0 spiro atoms. The molecule has 0 aromatic heterocycles. The number of rotatable bonds is 6. The zero-order valence-electron chi connectivity index (χ0n) is 20.3. The van der Waals surface area contributed by atoms with Crippen molar-refractivity contribution < 1.29 is 45.4 Å². The number of amides is 1. The molecule has 0 radical (unpaired) electrons. The molecule has 2 atom stereocenters. The van der Waals surface area contributed by atoms with E-state index >= 15 is 0 Å². The van der Waals surface area contributed by atoms with E-state index in [9.17, 15) is 35.9 Å². The van der Waals surface area contributed by atoms with Gasteiger partial charge in [0.05, 0.1) is 42.3 Å². The zero-order chi connectivity index (χ0) is 27.5. The van der Waals surface area contributed by atoms with Crippen molar-refractivity contribution in [3.8, 4) is 0 Å². The van der Waals surface area contributed by atoms with Crippen LogP contribution in [0.1, 0.15) is 37.0 Å². The smallest absolute Gasteiger partial charge is 0.416 e. The van der Waals surface area contributed by atoms with E-state index in [2.05, 4.69) is 0 Å². The number of hydrogen-bond donors (Lipinski definition) is 0. The highest BCUT2D eigenvalue weighted by Gasteiger charge is 2.41. The maximum absolute atomic E-state index is 13.4. The van der Waals surface area contributed by atoms with Crippen LogP contribution in [0.25, 0.3) is 0 Å². The number of hydrogen-bond acceptors (Lipinski definition) is 5. The number of anilines is 2. The Kier molecular flexibility index (Phi) is 8.28. The third-order valence-electron chi connectivity index (χ3n) is 6.09. The van der Waals surface area contributed by atoms with Crippen LogP contribution in [-0.4, -0.2) is 44.4 Å². The first kappa shape index (κ1) is 28.1. The second-order valence-electron chi connectivity index (χ2n) is 8.43. The van der Waals surface area contributed by atoms with Crippen LogP contribution in [-0.2, 0) is 33.0 Å². The van der Waals surface area contributed by atoms with E-state index in [1.54, 1.807) is 43.0 Å². The normalized spacial score (nSPS) is 16.7. The summed E-state index contributed by atoms with van der Waals surface area (Å²) in [6, 6.07) is 6.02. The summed E-state index contributed by atoms with van der Waals surface area (Å²) in [6.45, 7) is 3.65. The van der Waals surface area contributed by atoms with Gasteiger partial charge < -0.3 is 14.4 Å². The van der Waals surface area contributed by atoms with Crippen LogP contribution < -0.4 is 9.80 Å². The van der Waals surface area contributed by atoms with Crippen LogP contribution in [0.5, 0.6) is 0 Å². The number of methoxy groups -OCH3 is 1. The van der Waals surface area contributed by atoms with Crippen molar-refractivity contribution in [1.82, 2.24) is 0 Å². The first-order valence-electron chi connectivity index (χ1n) is 11.5. The lowest BCUT2D eigenvalue weighted by Crippen LogP contribution is -2.56. The highest BCUT2D eigenvalue weighted by molar-refractivity contribution is 5.96. The van der Waals surface area contributed by atoms with Crippen molar-refractivity contribution in [3.63, 3.8) is 0 Å². The van der Waals surface area contributed by atoms with E-state index in [1.165, 1.54) is 4.90 Å². The zero-order valence-corrected chi connectivity index (χ0v) is 20.3. The second-order valence-corrected chi connectivity index (χ2v) is 8.43. The summed E-state index contributed by atoms with van der Waals surface area (Å²) in [5, 5.41) is 0. The summed E-state index contributed by atoms with van der Waals surface area (Å²) in [5.74, 6) is -0.847. The number of alkyl halides is 6. The highest BCUT2D eigenvalue weighted by atomic mass is 19.4. The molecule has 1 aliphatic heterocycles. The highest BCUT2D eigenvalue weighted by Crippen LogP contribution is 2.40. The SMILES string of the molecule is CCOC(=O)N1c2ccccc2N(C(Cc2cc(C(F)(F)F)cc(C(F)(F)F)c2)C(=O)OC)CC1CC. The van der Waals surface area contributed by atoms with Gasteiger partial charge in [0, 0.05) is 13.0 Å². The molecule has 1 amide bonds. The molecule has 0 fully saturated rings. The standard InChI is InChI=1S/C25H26F6N2O4/c1-4-18-14-32(19-8-6-7-9-20(19)33(18)23(35)37-5-2)21(22(34)36-3)12-15-10-16(24(26,27)28)13-17(11-15)25(29,30)31/h6-11,13,18,21H,4-5,12,14H2,1-3H3. The average molecular weight is 532 g/mol. The molecule has 2 aromatic carbocycles. The van der Waals surface area contributed by atoms with E-state index in [1.807, 2.05) is 0 Å². The van der Waals surface area contributed by atoms with Crippen LogP contribution in [0.2, 0.25) is 0 Å². The third-order valence-corrected chi connectivity index (χ3v) is 6.09. The van der Waals surface area contributed by atoms with Gasteiger partial charge in [0.1, 0.15) is 6.04 Å². The molecule has 1 aliphatic rings. The fourth-order valence-electron chi connectivity index (χ4n) is 4.38. The molecule has 6 nitrogen and oxygen atoms in total. The minimum Gasteiger partial charge on any atom is -0.467 e. The van der Waals surface area contributed by atoms with E-state index in [4.69, 9.17) is 9.47 Å². The fraction of sp³-hybridized carbons (Fsp3) is 0.440. The van der Waals surface area contributed by atoms with Crippen LogP contribution in [0.4, 0.5) is 42.5 Å². The molecule has 3 rings (SSSR count). The van der Waals surface area contributed by atoms with E-state index in [0.717, 1.165) is 7.11 Å². The number of para-hydroxylation sites is 2. The molecule has 2 aromatic rings. The number of carbonyl (C=O) groups excluding carboxylic acids is 2. The number of carbonyl (C=O) groups is 2. The van der Waals surface area contributed by atoms with Gasteiger partial charge in [-0.05, 0) is 49.2 Å². The Balaban J connectivity index is 2.11. The lowest BCUT2D eigenvalue weighted by Gasteiger charge is -2.45. The molecule has 0 aliphatic carbocycles. The number of fused-ring (bicyclic) bond motifs is 1. The van der Waals surface area contributed by atoms with Gasteiger partial charge in [0.15, 0.2) is 0 Å².